The Bertz CT molecular complexity index is 452. The molecule has 2 rings (SSSR count). The monoisotopic (exact) mass is 391 g/mol. The molecular formula is C14H22IN3O2. The van der Waals surface area contributed by atoms with Gasteiger partial charge < -0.3 is 20.1 Å². The van der Waals surface area contributed by atoms with Gasteiger partial charge in [-0.15, -0.1) is 24.0 Å². The molecule has 0 radical (unpaired) electrons. The Hall–Kier alpha value is -1.18. The van der Waals surface area contributed by atoms with Crippen LogP contribution in [0, 0.1) is 0 Å². The van der Waals surface area contributed by atoms with E-state index in [2.05, 4.69) is 15.6 Å². The van der Waals surface area contributed by atoms with Gasteiger partial charge >= 0.3 is 0 Å². The van der Waals surface area contributed by atoms with Crippen LogP contribution in [0.1, 0.15) is 12.0 Å². The summed E-state index contributed by atoms with van der Waals surface area (Å²) >= 11 is 0. The number of methoxy groups -OCH3 is 2. The average molecular weight is 391 g/mol. The Kier molecular flexibility index (Phi) is 7.50. The second kappa shape index (κ2) is 8.89. The zero-order valence-electron chi connectivity index (χ0n) is 11.9. The number of halogens is 1. The molecule has 1 aromatic rings. The average Bonchev–Trinajstić information content (AvgIpc) is 2.48. The van der Waals surface area contributed by atoms with Gasteiger partial charge in [-0.3, -0.25) is 4.99 Å². The highest BCUT2D eigenvalue weighted by molar-refractivity contribution is 14.0. The van der Waals surface area contributed by atoms with E-state index in [1.165, 1.54) is 0 Å². The molecule has 1 aliphatic heterocycles. The van der Waals surface area contributed by atoms with Crippen molar-refractivity contribution in [1.29, 1.82) is 0 Å². The maximum atomic E-state index is 5.36. The van der Waals surface area contributed by atoms with Crippen molar-refractivity contribution in [2.45, 2.75) is 12.8 Å². The molecule has 2 N–H and O–H groups in total. The number of rotatable bonds is 5. The minimum Gasteiger partial charge on any atom is -0.497 e. The van der Waals surface area contributed by atoms with Gasteiger partial charge in [-0.2, -0.15) is 0 Å². The van der Waals surface area contributed by atoms with E-state index in [-0.39, 0.29) is 24.0 Å². The fourth-order valence-electron chi connectivity index (χ4n) is 2.04. The molecule has 0 atom stereocenters. The zero-order valence-corrected chi connectivity index (χ0v) is 14.3. The number of nitrogens with zero attached hydrogens (tertiary/aromatic N) is 1. The summed E-state index contributed by atoms with van der Waals surface area (Å²) in [4.78, 5) is 4.38. The highest BCUT2D eigenvalue weighted by atomic mass is 127. The fourth-order valence-corrected chi connectivity index (χ4v) is 2.04. The van der Waals surface area contributed by atoms with Crippen LogP contribution in [-0.2, 0) is 6.42 Å². The normalized spacial score (nSPS) is 13.6. The number of hydrogen-bond donors (Lipinski definition) is 2. The molecule has 112 valence electrons. The van der Waals surface area contributed by atoms with Crippen molar-refractivity contribution in [3.05, 3.63) is 23.8 Å². The number of ether oxygens (including phenoxy) is 2. The van der Waals surface area contributed by atoms with Gasteiger partial charge in [-0.25, -0.2) is 0 Å². The Morgan fingerprint density at radius 2 is 2.15 bits per heavy atom. The molecule has 0 saturated carbocycles. The molecule has 0 fully saturated rings. The van der Waals surface area contributed by atoms with E-state index < -0.39 is 0 Å². The molecule has 1 aliphatic rings. The predicted molar refractivity (Wildman–Crippen MR) is 91.6 cm³/mol. The van der Waals surface area contributed by atoms with Crippen molar-refractivity contribution in [1.82, 2.24) is 10.6 Å². The quantitative estimate of drug-likeness (QED) is 0.752. The molecule has 1 aromatic carbocycles. The molecule has 6 heteroatoms. The number of nitrogens with one attached hydrogen (secondary N) is 2. The number of hydrogen-bond acceptors (Lipinski definition) is 5. The first kappa shape index (κ1) is 16.9. The third-order valence-corrected chi connectivity index (χ3v) is 3.07. The summed E-state index contributed by atoms with van der Waals surface area (Å²) in [5, 5.41) is 6.54. The largest absolute Gasteiger partial charge is 0.497 e. The Morgan fingerprint density at radius 1 is 1.30 bits per heavy atom. The van der Waals surface area contributed by atoms with Crippen LogP contribution in [0.3, 0.4) is 0 Å². The van der Waals surface area contributed by atoms with Crippen molar-refractivity contribution in [2.75, 3.05) is 33.9 Å². The highest BCUT2D eigenvalue weighted by Crippen LogP contribution is 2.24. The van der Waals surface area contributed by atoms with Gasteiger partial charge in [0.05, 0.1) is 14.2 Å². The first-order valence-corrected chi connectivity index (χ1v) is 6.56. The van der Waals surface area contributed by atoms with Gasteiger partial charge in [0, 0.05) is 19.6 Å². The van der Waals surface area contributed by atoms with Gasteiger partial charge in [0.15, 0.2) is 5.96 Å². The fraction of sp³-hybridized carbons (Fsp3) is 0.500. The molecular weight excluding hydrogens is 369 g/mol. The minimum atomic E-state index is 0. The molecule has 5 nitrogen and oxygen atoms in total. The van der Waals surface area contributed by atoms with Crippen LogP contribution in [0.5, 0.6) is 11.5 Å². The van der Waals surface area contributed by atoms with Crippen LogP contribution in [0.15, 0.2) is 23.2 Å². The van der Waals surface area contributed by atoms with E-state index in [0.29, 0.717) is 0 Å². The van der Waals surface area contributed by atoms with Crippen LogP contribution in [0.2, 0.25) is 0 Å². The van der Waals surface area contributed by atoms with Gasteiger partial charge in [0.1, 0.15) is 11.5 Å². The highest BCUT2D eigenvalue weighted by Gasteiger charge is 2.06. The predicted octanol–water partition coefficient (Wildman–Crippen LogP) is 1.80. The smallest absolute Gasteiger partial charge is 0.191 e. The zero-order chi connectivity index (χ0) is 13.5. The summed E-state index contributed by atoms with van der Waals surface area (Å²) in [5.74, 6) is 2.64. The topological polar surface area (TPSA) is 54.9 Å². The first-order chi connectivity index (χ1) is 9.33. The lowest BCUT2D eigenvalue weighted by Crippen LogP contribution is -2.41. The van der Waals surface area contributed by atoms with Crippen LogP contribution in [0.25, 0.3) is 0 Å². The first-order valence-electron chi connectivity index (χ1n) is 6.56. The SMILES string of the molecule is COc1ccc(OC)c(CCNC2=NCCCN2)c1.I. The number of guanidine groups is 1. The van der Waals surface area contributed by atoms with Crippen LogP contribution >= 0.6 is 24.0 Å². The summed E-state index contributed by atoms with van der Waals surface area (Å²) in [5.41, 5.74) is 1.13. The number of benzene rings is 1. The maximum absolute atomic E-state index is 5.36. The van der Waals surface area contributed by atoms with Crippen molar-refractivity contribution in [2.24, 2.45) is 4.99 Å². The molecule has 0 unspecified atom stereocenters. The Balaban J connectivity index is 0.00000200. The van der Waals surface area contributed by atoms with E-state index in [1.54, 1.807) is 14.2 Å². The van der Waals surface area contributed by atoms with Gasteiger partial charge in [0.2, 0.25) is 0 Å². The van der Waals surface area contributed by atoms with Crippen molar-refractivity contribution in [3.8, 4) is 11.5 Å². The lowest BCUT2D eigenvalue weighted by atomic mass is 10.1. The van der Waals surface area contributed by atoms with Crippen LogP contribution < -0.4 is 20.1 Å². The van der Waals surface area contributed by atoms with Crippen LogP contribution in [0.4, 0.5) is 0 Å². The molecule has 0 aromatic heterocycles. The number of aliphatic imine (C=N–C) groups is 1. The second-order valence-electron chi connectivity index (χ2n) is 4.37. The standard InChI is InChI=1S/C14H21N3O2.HI/c1-18-12-4-5-13(19-2)11(10-12)6-9-17-14-15-7-3-8-16-14;/h4-5,10H,3,6-9H2,1-2H3,(H2,15,16,17);1H. The van der Waals surface area contributed by atoms with Crippen molar-refractivity contribution < 1.29 is 9.47 Å². The summed E-state index contributed by atoms with van der Waals surface area (Å²) in [7, 11) is 3.36. The van der Waals surface area contributed by atoms with E-state index in [9.17, 15) is 0 Å². The van der Waals surface area contributed by atoms with Gasteiger partial charge in [-0.1, -0.05) is 0 Å². The second-order valence-corrected chi connectivity index (χ2v) is 4.37. The lowest BCUT2D eigenvalue weighted by molar-refractivity contribution is 0.398. The third kappa shape index (κ3) is 4.73. The molecule has 0 spiro atoms. The van der Waals surface area contributed by atoms with Crippen molar-refractivity contribution in [3.63, 3.8) is 0 Å². The Morgan fingerprint density at radius 3 is 2.80 bits per heavy atom. The van der Waals surface area contributed by atoms with E-state index in [1.807, 2.05) is 18.2 Å². The summed E-state index contributed by atoms with van der Waals surface area (Å²) in [6.45, 7) is 2.71. The maximum Gasteiger partial charge on any atom is 0.191 e. The molecule has 0 saturated heterocycles. The van der Waals surface area contributed by atoms with E-state index in [4.69, 9.17) is 9.47 Å². The minimum absolute atomic E-state index is 0. The van der Waals surface area contributed by atoms with E-state index in [0.717, 1.165) is 55.5 Å². The van der Waals surface area contributed by atoms with Crippen LogP contribution in [-0.4, -0.2) is 39.8 Å². The molecule has 0 amide bonds. The molecule has 1 heterocycles. The lowest BCUT2D eigenvalue weighted by Gasteiger charge is -2.16. The van der Waals surface area contributed by atoms with Gasteiger partial charge in [-0.05, 0) is 36.6 Å². The molecule has 0 aliphatic carbocycles. The summed E-state index contributed by atoms with van der Waals surface area (Å²) in [6, 6.07) is 5.85. The summed E-state index contributed by atoms with van der Waals surface area (Å²) in [6.07, 6.45) is 1.97. The third-order valence-electron chi connectivity index (χ3n) is 3.07. The van der Waals surface area contributed by atoms with Crippen molar-refractivity contribution >= 4 is 29.9 Å². The summed E-state index contributed by atoms with van der Waals surface area (Å²) < 4.78 is 10.6. The molecule has 0 bridgehead atoms. The van der Waals surface area contributed by atoms with E-state index >= 15 is 0 Å². The Labute approximate surface area is 137 Å². The molecule has 20 heavy (non-hydrogen) atoms. The van der Waals surface area contributed by atoms with Gasteiger partial charge in [0.25, 0.3) is 0 Å².